The molecule has 2 aromatic heterocycles. The normalized spacial score (nSPS) is 10.9. The molecule has 5 nitrogen and oxygen atoms in total. The molecule has 0 amide bonds. The largest absolute Gasteiger partial charge is 0.497 e. The molecule has 0 saturated carbocycles. The molecule has 3 rings (SSSR count). The van der Waals surface area contributed by atoms with Crippen LogP contribution in [0.2, 0.25) is 0 Å². The Kier molecular flexibility index (Phi) is 9.82. The predicted molar refractivity (Wildman–Crippen MR) is 132 cm³/mol. The molecule has 0 bridgehead atoms. The molecule has 0 spiro atoms. The van der Waals surface area contributed by atoms with Crippen molar-refractivity contribution in [2.75, 3.05) is 12.9 Å². The Morgan fingerprint density at radius 3 is 2.28 bits per heavy atom. The van der Waals surface area contributed by atoms with Gasteiger partial charge in [0.1, 0.15) is 11.6 Å². The van der Waals surface area contributed by atoms with Crippen molar-refractivity contribution in [2.24, 2.45) is 0 Å². The summed E-state index contributed by atoms with van der Waals surface area (Å²) in [5.41, 5.74) is 3.36. The lowest BCUT2D eigenvalue weighted by Crippen LogP contribution is -2.13. The maximum absolute atomic E-state index is 12.3. The van der Waals surface area contributed by atoms with Gasteiger partial charge < -0.3 is 9.72 Å². The third-order valence-corrected chi connectivity index (χ3v) is 6.53. The Morgan fingerprint density at radius 1 is 0.875 bits per heavy atom. The quantitative estimate of drug-likeness (QED) is 0.265. The molecule has 1 aromatic carbocycles. The molecule has 0 aliphatic carbocycles. The zero-order valence-corrected chi connectivity index (χ0v) is 19.9. The van der Waals surface area contributed by atoms with Gasteiger partial charge in [-0.1, -0.05) is 43.9 Å². The topological polar surface area (TPSA) is 67.9 Å². The van der Waals surface area contributed by atoms with Gasteiger partial charge in [-0.15, -0.1) is 11.8 Å². The van der Waals surface area contributed by atoms with E-state index in [4.69, 9.17) is 4.74 Å². The summed E-state index contributed by atoms with van der Waals surface area (Å²) >= 11 is 1.60. The lowest BCUT2D eigenvalue weighted by atomic mass is 10.0. The van der Waals surface area contributed by atoms with Gasteiger partial charge in [-0.05, 0) is 61.3 Å². The molecule has 3 aromatic rings. The molecule has 0 aliphatic rings. The Morgan fingerprint density at radius 2 is 1.59 bits per heavy atom. The third-order valence-electron chi connectivity index (χ3n) is 5.44. The van der Waals surface area contributed by atoms with Crippen molar-refractivity contribution in [2.45, 2.75) is 63.2 Å². The molecule has 32 heavy (non-hydrogen) atoms. The monoisotopic (exact) mass is 451 g/mol. The summed E-state index contributed by atoms with van der Waals surface area (Å²) in [5.74, 6) is 2.55. The van der Waals surface area contributed by atoms with E-state index < -0.39 is 0 Å². The van der Waals surface area contributed by atoms with Gasteiger partial charge in [0.15, 0.2) is 0 Å². The number of nitrogens with one attached hydrogen (secondary N) is 1. The predicted octanol–water partition coefficient (Wildman–Crippen LogP) is 5.75. The number of aromatic amines is 1. The first-order valence-corrected chi connectivity index (χ1v) is 12.4. The minimum atomic E-state index is -0.0430. The number of H-pyrrole nitrogens is 1. The van der Waals surface area contributed by atoms with Gasteiger partial charge in [0.25, 0.3) is 5.56 Å². The fourth-order valence-electron chi connectivity index (χ4n) is 3.52. The second-order valence-electron chi connectivity index (χ2n) is 8.08. The molecule has 0 fully saturated rings. The van der Waals surface area contributed by atoms with Crippen LogP contribution in [0.15, 0.2) is 58.5 Å². The van der Waals surface area contributed by atoms with Crippen molar-refractivity contribution in [3.63, 3.8) is 0 Å². The number of methoxy groups -OCH3 is 1. The lowest BCUT2D eigenvalue weighted by Gasteiger charge is -2.05. The smallest absolute Gasteiger partial charge is 0.264 e. The van der Waals surface area contributed by atoms with Gasteiger partial charge in [-0.3, -0.25) is 9.78 Å². The highest BCUT2D eigenvalue weighted by atomic mass is 32.2. The van der Waals surface area contributed by atoms with E-state index in [9.17, 15) is 4.79 Å². The molecule has 0 saturated heterocycles. The van der Waals surface area contributed by atoms with Crippen LogP contribution in [0.3, 0.4) is 0 Å². The van der Waals surface area contributed by atoms with E-state index in [1.54, 1.807) is 25.1 Å². The average molecular weight is 452 g/mol. The van der Waals surface area contributed by atoms with Crippen molar-refractivity contribution >= 4 is 11.8 Å². The van der Waals surface area contributed by atoms with Crippen molar-refractivity contribution in [3.05, 3.63) is 81.8 Å². The number of nitrogens with zero attached hydrogens (tertiary/aromatic N) is 2. The van der Waals surface area contributed by atoms with Crippen LogP contribution in [0.4, 0.5) is 0 Å². The Bertz CT molecular complexity index is 1000. The van der Waals surface area contributed by atoms with Crippen LogP contribution in [0, 0.1) is 6.92 Å². The Labute approximate surface area is 195 Å². The highest BCUT2D eigenvalue weighted by molar-refractivity contribution is 7.99. The SMILES string of the molecule is COc1ccc(CCCCCCCCSc2cnc(Cc3ccc(C)nc3)[nH]c2=O)cc1. The number of hydrogen-bond acceptors (Lipinski definition) is 5. The van der Waals surface area contributed by atoms with Crippen LogP contribution >= 0.6 is 11.8 Å². The van der Waals surface area contributed by atoms with Crippen molar-refractivity contribution in [1.82, 2.24) is 15.0 Å². The number of aromatic nitrogens is 3. The molecule has 0 atom stereocenters. The number of aryl methyl sites for hydroxylation is 2. The summed E-state index contributed by atoms with van der Waals surface area (Å²) < 4.78 is 5.20. The van der Waals surface area contributed by atoms with E-state index in [0.717, 1.165) is 35.6 Å². The summed E-state index contributed by atoms with van der Waals surface area (Å²) in [6, 6.07) is 12.4. The summed E-state index contributed by atoms with van der Waals surface area (Å²) in [7, 11) is 1.70. The number of benzene rings is 1. The number of thioether (sulfide) groups is 1. The van der Waals surface area contributed by atoms with Gasteiger partial charge in [0, 0.05) is 24.5 Å². The molecule has 1 N–H and O–H groups in total. The molecular weight excluding hydrogens is 418 g/mol. The first kappa shape index (κ1) is 24.1. The standard InChI is InChI=1S/C26H33N3O2S/c1-20-10-11-22(18-27-20)17-25-28-19-24(26(30)29-25)32-16-8-6-4-3-5-7-9-21-12-14-23(31-2)15-13-21/h10-15,18-19H,3-9,16-17H2,1-2H3,(H,28,29,30). The number of rotatable bonds is 13. The Hall–Kier alpha value is -2.60. The van der Waals surface area contributed by atoms with Gasteiger partial charge in [0.2, 0.25) is 0 Å². The van der Waals surface area contributed by atoms with Gasteiger partial charge in [-0.25, -0.2) is 4.98 Å². The van der Waals surface area contributed by atoms with Crippen molar-refractivity contribution in [3.8, 4) is 5.75 Å². The van der Waals surface area contributed by atoms with Crippen LogP contribution in [-0.4, -0.2) is 27.8 Å². The fraction of sp³-hybridized carbons (Fsp3) is 0.423. The van der Waals surface area contributed by atoms with Gasteiger partial charge in [-0.2, -0.15) is 0 Å². The third kappa shape index (κ3) is 8.15. The molecular formula is C26H33N3O2S. The number of pyridine rings is 1. The number of unbranched alkanes of at least 4 members (excludes halogenated alkanes) is 5. The van der Waals surface area contributed by atoms with Crippen molar-refractivity contribution < 1.29 is 4.74 Å². The van der Waals surface area contributed by atoms with E-state index in [2.05, 4.69) is 27.1 Å². The minimum absolute atomic E-state index is 0.0430. The minimum Gasteiger partial charge on any atom is -0.497 e. The molecule has 0 unspecified atom stereocenters. The van der Waals surface area contributed by atoms with Crippen LogP contribution < -0.4 is 10.3 Å². The fourth-order valence-corrected chi connectivity index (χ4v) is 4.40. The number of ether oxygens (including phenoxy) is 1. The summed E-state index contributed by atoms with van der Waals surface area (Å²) in [5, 5.41) is 0. The second-order valence-corrected chi connectivity index (χ2v) is 9.21. The summed E-state index contributed by atoms with van der Waals surface area (Å²) in [6.07, 6.45) is 12.6. The summed E-state index contributed by atoms with van der Waals surface area (Å²) in [6.45, 7) is 1.96. The van der Waals surface area contributed by atoms with Gasteiger partial charge in [0.05, 0.1) is 12.0 Å². The van der Waals surface area contributed by atoms with E-state index >= 15 is 0 Å². The van der Waals surface area contributed by atoms with Gasteiger partial charge >= 0.3 is 0 Å². The average Bonchev–Trinajstić information content (AvgIpc) is 2.81. The zero-order chi connectivity index (χ0) is 22.6. The van der Waals surface area contributed by atoms with E-state index in [0.29, 0.717) is 17.1 Å². The zero-order valence-electron chi connectivity index (χ0n) is 19.1. The lowest BCUT2D eigenvalue weighted by molar-refractivity contribution is 0.414. The number of hydrogen-bond donors (Lipinski definition) is 1. The van der Waals surface area contributed by atoms with Crippen LogP contribution in [0.1, 0.15) is 61.2 Å². The van der Waals surface area contributed by atoms with Crippen LogP contribution in [0.5, 0.6) is 5.75 Å². The van der Waals surface area contributed by atoms with E-state index in [-0.39, 0.29) is 5.56 Å². The molecule has 170 valence electrons. The van der Waals surface area contributed by atoms with Crippen LogP contribution in [-0.2, 0) is 12.8 Å². The highest BCUT2D eigenvalue weighted by Crippen LogP contribution is 2.17. The van der Waals surface area contributed by atoms with E-state index in [1.165, 1.54) is 37.7 Å². The second kappa shape index (κ2) is 13.1. The molecule has 0 aliphatic heterocycles. The van der Waals surface area contributed by atoms with Crippen LogP contribution in [0.25, 0.3) is 0 Å². The highest BCUT2D eigenvalue weighted by Gasteiger charge is 2.05. The maximum atomic E-state index is 12.3. The first-order valence-electron chi connectivity index (χ1n) is 11.4. The first-order chi connectivity index (χ1) is 15.6. The molecule has 2 heterocycles. The Balaban J connectivity index is 1.26. The maximum Gasteiger partial charge on any atom is 0.264 e. The molecule has 6 heteroatoms. The van der Waals surface area contributed by atoms with E-state index in [1.807, 2.05) is 37.4 Å². The molecule has 0 radical (unpaired) electrons. The summed E-state index contributed by atoms with van der Waals surface area (Å²) in [4.78, 5) is 24.7. The van der Waals surface area contributed by atoms with Crippen molar-refractivity contribution in [1.29, 1.82) is 0 Å².